The van der Waals surface area contributed by atoms with Gasteiger partial charge in [0.1, 0.15) is 0 Å². The summed E-state index contributed by atoms with van der Waals surface area (Å²) in [6.07, 6.45) is 1.03. The molecule has 90 valence electrons. The first-order valence-corrected chi connectivity index (χ1v) is 5.16. The van der Waals surface area contributed by atoms with E-state index >= 15 is 0 Å². The number of rotatable bonds is 2. The van der Waals surface area contributed by atoms with Gasteiger partial charge in [-0.25, -0.2) is 0 Å². The summed E-state index contributed by atoms with van der Waals surface area (Å²) in [5.74, 6) is 0. The predicted molar refractivity (Wildman–Crippen MR) is 65.2 cm³/mol. The van der Waals surface area contributed by atoms with Crippen LogP contribution in [-0.2, 0) is 0 Å². The van der Waals surface area contributed by atoms with E-state index in [9.17, 15) is 10.1 Å². The molecule has 5 heteroatoms. The number of oxime groups is 1. The highest BCUT2D eigenvalue weighted by Gasteiger charge is 2.09. The smallest absolute Gasteiger partial charge is 0.278 e. The minimum atomic E-state index is -0.531. The third kappa shape index (κ3) is 5.74. The first-order valence-electron chi connectivity index (χ1n) is 5.16. The number of nitro groups is 1. The largest absolute Gasteiger partial charge is 0.411 e. The summed E-state index contributed by atoms with van der Waals surface area (Å²) >= 11 is 0. The van der Waals surface area contributed by atoms with Gasteiger partial charge in [-0.05, 0) is 6.07 Å². The summed E-state index contributed by atoms with van der Waals surface area (Å²) in [7, 11) is 0. The van der Waals surface area contributed by atoms with Gasteiger partial charge >= 0.3 is 0 Å². The molecule has 0 amide bonds. The highest BCUT2D eigenvalue weighted by molar-refractivity contribution is 5.84. The van der Waals surface area contributed by atoms with Crippen molar-refractivity contribution in [3.63, 3.8) is 0 Å². The van der Waals surface area contributed by atoms with Gasteiger partial charge in [-0.2, -0.15) is 0 Å². The van der Waals surface area contributed by atoms with E-state index in [-0.39, 0.29) is 11.3 Å². The van der Waals surface area contributed by atoms with Crippen LogP contribution in [-0.4, -0.2) is 16.3 Å². The zero-order valence-electron chi connectivity index (χ0n) is 10.0. The average molecular weight is 226 g/mol. The molecule has 0 aromatic heterocycles. The second kappa shape index (κ2) is 11.2. The first kappa shape index (κ1) is 16.5. The van der Waals surface area contributed by atoms with E-state index in [0.717, 1.165) is 6.21 Å². The maximum absolute atomic E-state index is 10.4. The number of para-hydroxylation sites is 1. The fraction of sp³-hybridized carbons (Fsp3) is 0.364. The summed E-state index contributed by atoms with van der Waals surface area (Å²) in [5, 5.41) is 21.3. The number of nitro benzene ring substituents is 1. The zero-order chi connectivity index (χ0) is 13.0. The lowest BCUT2D eigenvalue weighted by Crippen LogP contribution is -1.93. The molecule has 0 saturated carbocycles. The minimum Gasteiger partial charge on any atom is -0.411 e. The molecule has 0 unspecified atom stereocenters. The molecule has 0 saturated heterocycles. The Morgan fingerprint density at radius 1 is 1.25 bits per heavy atom. The number of hydrogen-bond acceptors (Lipinski definition) is 4. The van der Waals surface area contributed by atoms with Crippen LogP contribution in [0.25, 0.3) is 0 Å². The SMILES string of the molecule is CC.CC.O=[N+]([O-])c1ccccc1/C=N\O. The first-order chi connectivity index (χ1) is 7.75. The van der Waals surface area contributed by atoms with Crippen LogP contribution < -0.4 is 0 Å². The van der Waals surface area contributed by atoms with Crippen molar-refractivity contribution in [2.24, 2.45) is 5.16 Å². The van der Waals surface area contributed by atoms with Crippen molar-refractivity contribution in [2.45, 2.75) is 27.7 Å². The van der Waals surface area contributed by atoms with Crippen molar-refractivity contribution in [1.29, 1.82) is 0 Å². The summed E-state index contributed by atoms with van der Waals surface area (Å²) in [6, 6.07) is 6.02. The lowest BCUT2D eigenvalue weighted by Gasteiger charge is -1.93. The van der Waals surface area contributed by atoms with E-state index in [2.05, 4.69) is 5.16 Å². The lowest BCUT2D eigenvalue weighted by atomic mass is 10.2. The van der Waals surface area contributed by atoms with Crippen LogP contribution in [0.2, 0.25) is 0 Å². The molecular weight excluding hydrogens is 208 g/mol. The third-order valence-electron chi connectivity index (χ3n) is 1.33. The molecule has 1 aromatic carbocycles. The van der Waals surface area contributed by atoms with E-state index in [1.807, 2.05) is 27.7 Å². The van der Waals surface area contributed by atoms with Crippen LogP contribution in [0.3, 0.4) is 0 Å². The van der Waals surface area contributed by atoms with Crippen molar-refractivity contribution in [3.8, 4) is 0 Å². The normalized spacial score (nSPS) is 8.50. The zero-order valence-corrected chi connectivity index (χ0v) is 10.0. The van der Waals surface area contributed by atoms with Gasteiger partial charge < -0.3 is 5.21 Å². The highest BCUT2D eigenvalue weighted by atomic mass is 16.6. The fourth-order valence-corrected chi connectivity index (χ4v) is 0.825. The van der Waals surface area contributed by atoms with Crippen LogP contribution >= 0.6 is 0 Å². The second-order valence-corrected chi connectivity index (χ2v) is 2.06. The van der Waals surface area contributed by atoms with Gasteiger partial charge in [-0.15, -0.1) is 0 Å². The Bertz CT molecular complexity index is 325. The van der Waals surface area contributed by atoms with Gasteiger partial charge in [0.05, 0.1) is 16.7 Å². The average Bonchev–Trinajstić information content (AvgIpc) is 2.35. The Hall–Kier alpha value is -1.91. The molecule has 0 aliphatic rings. The molecule has 0 spiro atoms. The summed E-state index contributed by atoms with van der Waals surface area (Å²) in [4.78, 5) is 9.83. The summed E-state index contributed by atoms with van der Waals surface area (Å²) in [5.41, 5.74) is 0.209. The van der Waals surface area contributed by atoms with Gasteiger partial charge in [-0.1, -0.05) is 45.0 Å². The lowest BCUT2D eigenvalue weighted by molar-refractivity contribution is -0.385. The predicted octanol–water partition coefficient (Wildman–Crippen LogP) is 3.46. The number of benzene rings is 1. The third-order valence-corrected chi connectivity index (χ3v) is 1.33. The summed E-state index contributed by atoms with van der Waals surface area (Å²) < 4.78 is 0. The van der Waals surface area contributed by atoms with Crippen LogP contribution in [0.1, 0.15) is 33.3 Å². The van der Waals surface area contributed by atoms with Crippen LogP contribution in [0, 0.1) is 10.1 Å². The topological polar surface area (TPSA) is 75.7 Å². The van der Waals surface area contributed by atoms with Crippen LogP contribution in [0.15, 0.2) is 29.4 Å². The van der Waals surface area contributed by atoms with E-state index in [0.29, 0.717) is 0 Å². The standard InChI is InChI=1S/C7H6N2O3.2C2H6/c10-8-5-6-3-1-2-4-7(6)9(11)12;2*1-2/h1-5,10H;2*1-2H3/b8-5-;;. The van der Waals surface area contributed by atoms with Crippen LogP contribution in [0.5, 0.6) is 0 Å². The summed E-state index contributed by atoms with van der Waals surface area (Å²) in [6.45, 7) is 8.00. The van der Waals surface area contributed by atoms with E-state index in [1.165, 1.54) is 12.1 Å². The van der Waals surface area contributed by atoms with Gasteiger partial charge in [0.2, 0.25) is 0 Å². The van der Waals surface area contributed by atoms with E-state index < -0.39 is 4.92 Å². The molecular formula is C11H18N2O3. The molecule has 1 rings (SSSR count). The fourth-order valence-electron chi connectivity index (χ4n) is 0.825. The van der Waals surface area contributed by atoms with Gasteiger partial charge in [0.25, 0.3) is 5.69 Å². The van der Waals surface area contributed by atoms with Crippen molar-refractivity contribution < 1.29 is 10.1 Å². The number of nitrogens with zero attached hydrogens (tertiary/aromatic N) is 2. The second-order valence-electron chi connectivity index (χ2n) is 2.06. The van der Waals surface area contributed by atoms with Crippen molar-refractivity contribution in [1.82, 2.24) is 0 Å². The van der Waals surface area contributed by atoms with Crippen molar-refractivity contribution in [3.05, 3.63) is 39.9 Å². The molecule has 0 fully saturated rings. The quantitative estimate of drug-likeness (QED) is 0.363. The van der Waals surface area contributed by atoms with Gasteiger partial charge in [-0.3, -0.25) is 10.1 Å². The molecule has 0 heterocycles. The Balaban J connectivity index is 0. The van der Waals surface area contributed by atoms with Crippen LogP contribution in [0.4, 0.5) is 5.69 Å². The maximum Gasteiger partial charge on any atom is 0.278 e. The molecule has 5 nitrogen and oxygen atoms in total. The molecule has 0 aliphatic carbocycles. The molecule has 0 bridgehead atoms. The van der Waals surface area contributed by atoms with E-state index in [4.69, 9.17) is 5.21 Å². The molecule has 0 atom stereocenters. The van der Waals surface area contributed by atoms with Gasteiger partial charge in [0.15, 0.2) is 0 Å². The maximum atomic E-state index is 10.4. The van der Waals surface area contributed by atoms with Gasteiger partial charge in [0, 0.05) is 6.07 Å². The highest BCUT2D eigenvalue weighted by Crippen LogP contribution is 2.14. The Morgan fingerprint density at radius 3 is 2.19 bits per heavy atom. The molecule has 0 aliphatic heterocycles. The Kier molecular flexibility index (Phi) is 11.5. The Labute approximate surface area is 95.6 Å². The molecule has 1 N–H and O–H groups in total. The van der Waals surface area contributed by atoms with Crippen molar-refractivity contribution in [2.75, 3.05) is 0 Å². The van der Waals surface area contributed by atoms with Crippen molar-refractivity contribution >= 4 is 11.9 Å². The number of hydrogen-bond donors (Lipinski definition) is 1. The monoisotopic (exact) mass is 226 g/mol. The van der Waals surface area contributed by atoms with E-state index in [1.54, 1.807) is 12.1 Å². The molecule has 0 radical (unpaired) electrons. The molecule has 1 aromatic rings. The molecule has 16 heavy (non-hydrogen) atoms. The minimum absolute atomic E-state index is 0.0738. The Morgan fingerprint density at radius 2 is 1.75 bits per heavy atom.